The van der Waals surface area contributed by atoms with E-state index in [1.54, 1.807) is 0 Å². The van der Waals surface area contributed by atoms with Gasteiger partial charge in [-0.2, -0.15) is 0 Å². The van der Waals surface area contributed by atoms with Gasteiger partial charge in [-0.25, -0.2) is 0 Å². The van der Waals surface area contributed by atoms with Crippen LogP contribution in [0.4, 0.5) is 0 Å². The van der Waals surface area contributed by atoms with Gasteiger partial charge >= 0.3 is 0 Å². The van der Waals surface area contributed by atoms with E-state index in [0.717, 1.165) is 16.7 Å². The van der Waals surface area contributed by atoms with Crippen molar-refractivity contribution in [1.82, 2.24) is 0 Å². The summed E-state index contributed by atoms with van der Waals surface area (Å²) in [6.45, 7) is 20.9. The largest absolute Gasteiger partial charge is 0.0991 e. The molecule has 0 aromatic heterocycles. The van der Waals surface area contributed by atoms with Crippen LogP contribution >= 0.6 is 0 Å². The number of hydrogen-bond donors (Lipinski definition) is 0. The first-order valence-corrected chi connectivity index (χ1v) is 12.4. The Bertz CT molecular complexity index is 1200. The lowest BCUT2D eigenvalue weighted by Crippen LogP contribution is -2.27. The van der Waals surface area contributed by atoms with E-state index in [0.29, 0.717) is 0 Å². The zero-order valence-corrected chi connectivity index (χ0v) is 22.3. The summed E-state index contributed by atoms with van der Waals surface area (Å²) in [6.07, 6.45) is 29.3. The Hall–Kier alpha value is -3.64. The molecule has 0 nitrogen and oxygen atoms in total. The second kappa shape index (κ2) is 13.3. The van der Waals surface area contributed by atoms with Crippen LogP contribution in [0.1, 0.15) is 52.7 Å². The van der Waals surface area contributed by atoms with Gasteiger partial charge in [0.1, 0.15) is 0 Å². The van der Waals surface area contributed by atoms with Crippen LogP contribution in [0.15, 0.2) is 150 Å². The smallest absolute Gasteiger partial charge is 0.0158 e. The minimum atomic E-state index is -0.139. The molecule has 1 aliphatic carbocycles. The monoisotopic (exact) mass is 460 g/mol. The van der Waals surface area contributed by atoms with Gasteiger partial charge in [-0.1, -0.05) is 136 Å². The molecule has 35 heavy (non-hydrogen) atoms. The standard InChI is InChI=1S/C35H40/c1-9-15-23-27(19-11-3)33(28(20-12-4)24-16-10-2)34-29(21-13-5)31(22-14-6)35(7,8)32-26-18-17-25-30(32)34/h9-26H,1,3H2,2,4-8H3/b16-10-,20-12-,21-13-,22-14-,23-15-,27-19+,28-24+,34-33+. The second-order valence-corrected chi connectivity index (χ2v) is 8.85. The minimum absolute atomic E-state index is 0.139. The average Bonchev–Trinajstić information content (AvgIpc) is 2.85. The average molecular weight is 461 g/mol. The van der Waals surface area contributed by atoms with Gasteiger partial charge in [0, 0.05) is 5.41 Å². The summed E-state index contributed by atoms with van der Waals surface area (Å²) in [5.41, 5.74) is 9.59. The van der Waals surface area contributed by atoms with E-state index in [9.17, 15) is 0 Å². The Kier molecular flexibility index (Phi) is 10.5. The van der Waals surface area contributed by atoms with Gasteiger partial charge < -0.3 is 0 Å². The van der Waals surface area contributed by atoms with Crippen LogP contribution in [0.25, 0.3) is 5.57 Å². The second-order valence-electron chi connectivity index (χ2n) is 8.85. The summed E-state index contributed by atoms with van der Waals surface area (Å²) in [7, 11) is 0. The maximum Gasteiger partial charge on any atom is 0.0158 e. The molecule has 0 radical (unpaired) electrons. The van der Waals surface area contributed by atoms with Gasteiger partial charge in [-0.05, 0) is 72.3 Å². The fraction of sp³-hybridized carbons (Fsp3) is 0.200. The maximum absolute atomic E-state index is 4.02. The van der Waals surface area contributed by atoms with Crippen LogP contribution in [0.2, 0.25) is 0 Å². The van der Waals surface area contributed by atoms with Crippen molar-refractivity contribution in [2.75, 3.05) is 0 Å². The number of rotatable bonds is 9. The highest BCUT2D eigenvalue weighted by Gasteiger charge is 2.36. The Balaban J connectivity index is 3.33. The molecule has 0 unspecified atom stereocenters. The molecule has 0 heterocycles. The highest BCUT2D eigenvalue weighted by Crippen LogP contribution is 2.50. The van der Waals surface area contributed by atoms with Crippen molar-refractivity contribution in [2.45, 2.75) is 47.0 Å². The number of fused-ring (bicyclic) bond motifs is 1. The molecule has 0 heteroatoms. The van der Waals surface area contributed by atoms with Crippen LogP contribution in [0.3, 0.4) is 0 Å². The lowest BCUT2D eigenvalue weighted by Gasteiger charge is -2.38. The number of benzene rings is 1. The normalized spacial score (nSPS) is 18.5. The summed E-state index contributed by atoms with van der Waals surface area (Å²) >= 11 is 0. The summed E-state index contributed by atoms with van der Waals surface area (Å²) in [5.74, 6) is 0. The molecule has 0 atom stereocenters. The lowest BCUT2D eigenvalue weighted by molar-refractivity contribution is 0.628. The van der Waals surface area contributed by atoms with Crippen molar-refractivity contribution in [3.63, 3.8) is 0 Å². The SMILES string of the molecule is C=C\C=C/C(=C\C=C)/C(C(=C/C=C\C)/C=C\C)=C1C(/C=C\C)=C(/C=C\C)C(C)(C)c2ccccc2/1. The van der Waals surface area contributed by atoms with E-state index in [2.05, 4.69) is 139 Å². The highest BCUT2D eigenvalue weighted by molar-refractivity contribution is 5.95. The third-order valence-corrected chi connectivity index (χ3v) is 6.12. The van der Waals surface area contributed by atoms with E-state index in [1.807, 2.05) is 25.2 Å². The Morgan fingerprint density at radius 2 is 1.43 bits per heavy atom. The van der Waals surface area contributed by atoms with Gasteiger partial charge in [0.05, 0.1) is 0 Å². The van der Waals surface area contributed by atoms with Crippen molar-refractivity contribution < 1.29 is 0 Å². The van der Waals surface area contributed by atoms with Gasteiger partial charge in [0.15, 0.2) is 0 Å². The van der Waals surface area contributed by atoms with Gasteiger partial charge in [0.25, 0.3) is 0 Å². The molecule has 1 aromatic rings. The summed E-state index contributed by atoms with van der Waals surface area (Å²) in [6, 6.07) is 8.81. The fourth-order valence-corrected chi connectivity index (χ4v) is 4.66. The van der Waals surface area contributed by atoms with Gasteiger partial charge in [-0.3, -0.25) is 0 Å². The molecular formula is C35H40. The number of hydrogen-bond acceptors (Lipinski definition) is 0. The highest BCUT2D eigenvalue weighted by atomic mass is 14.4. The Morgan fingerprint density at radius 3 is 2.03 bits per heavy atom. The summed E-state index contributed by atoms with van der Waals surface area (Å²) in [5, 5.41) is 0. The van der Waals surface area contributed by atoms with Crippen LogP contribution in [0, 0.1) is 0 Å². The molecule has 0 saturated carbocycles. The van der Waals surface area contributed by atoms with E-state index < -0.39 is 0 Å². The minimum Gasteiger partial charge on any atom is -0.0991 e. The van der Waals surface area contributed by atoms with Crippen LogP contribution in [-0.2, 0) is 5.41 Å². The quantitative estimate of drug-likeness (QED) is 0.322. The summed E-state index contributed by atoms with van der Waals surface area (Å²) in [4.78, 5) is 0. The van der Waals surface area contributed by atoms with Gasteiger partial charge in [0.2, 0.25) is 0 Å². The van der Waals surface area contributed by atoms with Crippen molar-refractivity contribution in [2.24, 2.45) is 0 Å². The van der Waals surface area contributed by atoms with Crippen molar-refractivity contribution in [3.05, 3.63) is 161 Å². The molecule has 180 valence electrons. The van der Waals surface area contributed by atoms with E-state index in [-0.39, 0.29) is 5.41 Å². The first-order valence-electron chi connectivity index (χ1n) is 12.4. The molecule has 0 aliphatic heterocycles. The zero-order valence-electron chi connectivity index (χ0n) is 22.3. The molecule has 0 fully saturated rings. The third-order valence-electron chi connectivity index (χ3n) is 6.12. The molecule has 2 rings (SSSR count). The predicted molar refractivity (Wildman–Crippen MR) is 158 cm³/mol. The molecule has 0 saturated heterocycles. The fourth-order valence-electron chi connectivity index (χ4n) is 4.66. The number of allylic oxidation sites excluding steroid dienone is 20. The molecule has 1 aliphatic rings. The molecule has 1 aromatic carbocycles. The van der Waals surface area contributed by atoms with Crippen molar-refractivity contribution in [1.29, 1.82) is 0 Å². The summed E-state index contributed by atoms with van der Waals surface area (Å²) < 4.78 is 0. The first kappa shape index (κ1) is 27.6. The van der Waals surface area contributed by atoms with Crippen molar-refractivity contribution >= 4 is 5.57 Å². The maximum atomic E-state index is 4.02. The first-order chi connectivity index (χ1) is 16.9. The van der Waals surface area contributed by atoms with E-state index in [1.165, 1.54) is 27.8 Å². The van der Waals surface area contributed by atoms with Gasteiger partial charge in [-0.15, -0.1) is 0 Å². The lowest BCUT2D eigenvalue weighted by atomic mass is 9.65. The topological polar surface area (TPSA) is 0 Å². The molecule has 0 N–H and O–H groups in total. The van der Waals surface area contributed by atoms with E-state index >= 15 is 0 Å². The third kappa shape index (κ3) is 6.08. The van der Waals surface area contributed by atoms with E-state index in [4.69, 9.17) is 0 Å². The van der Waals surface area contributed by atoms with Crippen LogP contribution < -0.4 is 0 Å². The molecule has 0 amide bonds. The van der Waals surface area contributed by atoms with Crippen LogP contribution in [0.5, 0.6) is 0 Å². The zero-order chi connectivity index (χ0) is 25.8. The predicted octanol–water partition coefficient (Wildman–Crippen LogP) is 10.1. The molecule has 0 spiro atoms. The molecule has 0 bridgehead atoms. The van der Waals surface area contributed by atoms with Crippen molar-refractivity contribution in [3.8, 4) is 0 Å². The Labute approximate surface area is 213 Å². The van der Waals surface area contributed by atoms with Crippen LogP contribution in [-0.4, -0.2) is 0 Å². The Morgan fingerprint density at radius 1 is 0.743 bits per heavy atom. The molecular weight excluding hydrogens is 420 g/mol.